The third kappa shape index (κ3) is 3.56. The summed E-state index contributed by atoms with van der Waals surface area (Å²) in [7, 11) is -2.00. The van der Waals surface area contributed by atoms with Crippen molar-refractivity contribution >= 4 is 8.32 Å². The molecule has 1 aliphatic carbocycles. The average molecular weight is 385 g/mol. The molecular weight excluding hydrogens is 348 g/mol. The van der Waals surface area contributed by atoms with Crippen LogP contribution in [0.2, 0.25) is 18.1 Å². The second-order valence-electron chi connectivity index (χ2n) is 10.3. The monoisotopic (exact) mass is 384 g/mol. The molecule has 2 saturated heterocycles. The van der Waals surface area contributed by atoms with Gasteiger partial charge in [0.1, 0.15) is 12.2 Å². The van der Waals surface area contributed by atoms with Crippen LogP contribution in [-0.4, -0.2) is 50.9 Å². The molecule has 2 aliphatic heterocycles. The predicted molar refractivity (Wildman–Crippen MR) is 103 cm³/mol. The third-order valence-corrected chi connectivity index (χ3v) is 10.7. The summed E-state index contributed by atoms with van der Waals surface area (Å²) in [5.41, 5.74) is 1.01. The van der Waals surface area contributed by atoms with Gasteiger partial charge in [0.05, 0.1) is 18.8 Å². The Morgan fingerprint density at radius 2 is 1.50 bits per heavy atom. The Labute approximate surface area is 159 Å². The molecule has 150 valence electrons. The van der Waals surface area contributed by atoms with Crippen LogP contribution in [0.5, 0.6) is 0 Å². The van der Waals surface area contributed by atoms with Gasteiger partial charge < -0.3 is 23.4 Å². The highest BCUT2D eigenvalue weighted by Gasteiger charge is 2.60. The molecule has 0 spiro atoms. The zero-order valence-corrected chi connectivity index (χ0v) is 18.8. The van der Waals surface area contributed by atoms with Crippen LogP contribution in [-0.2, 0) is 23.4 Å². The first kappa shape index (κ1) is 20.5. The lowest BCUT2D eigenvalue weighted by molar-refractivity contribution is -0.313. The van der Waals surface area contributed by atoms with E-state index >= 15 is 0 Å². The molecule has 3 aliphatic rings. The Morgan fingerprint density at radius 1 is 0.962 bits per heavy atom. The van der Waals surface area contributed by atoms with E-state index in [0.29, 0.717) is 6.61 Å². The van der Waals surface area contributed by atoms with Gasteiger partial charge in [-0.3, -0.25) is 0 Å². The molecule has 5 nitrogen and oxygen atoms in total. The van der Waals surface area contributed by atoms with Crippen molar-refractivity contribution < 1.29 is 23.4 Å². The van der Waals surface area contributed by atoms with E-state index in [4.69, 9.17) is 23.4 Å². The molecule has 2 heterocycles. The van der Waals surface area contributed by atoms with Gasteiger partial charge in [-0.1, -0.05) is 27.4 Å². The minimum Gasteiger partial charge on any atom is -0.407 e. The lowest BCUT2D eigenvalue weighted by Gasteiger charge is -2.51. The lowest BCUT2D eigenvalue weighted by atomic mass is 9.77. The fourth-order valence-electron chi connectivity index (χ4n) is 3.81. The standard InChI is InChI=1S/C20H36O5Si/c1-12-13-11-21-19(5,6)22-15(13)17-16(23-20(7,8)24-17)14(12)25-26(9,10)18(2,3)4/h13-17H,1,11H2,2-10H3/t13-,14-,15-,16-,17+/m1/s1. The maximum Gasteiger partial charge on any atom is 0.193 e. The molecule has 0 bridgehead atoms. The molecule has 0 unspecified atom stereocenters. The first-order valence-electron chi connectivity index (χ1n) is 9.67. The van der Waals surface area contributed by atoms with Crippen LogP contribution in [0.4, 0.5) is 0 Å². The minimum atomic E-state index is -2.00. The van der Waals surface area contributed by atoms with Crippen molar-refractivity contribution in [3.8, 4) is 0 Å². The van der Waals surface area contributed by atoms with Crippen molar-refractivity contribution in [3.63, 3.8) is 0 Å². The summed E-state index contributed by atoms with van der Waals surface area (Å²) < 4.78 is 31.6. The van der Waals surface area contributed by atoms with Gasteiger partial charge in [-0.2, -0.15) is 0 Å². The van der Waals surface area contributed by atoms with Gasteiger partial charge in [0.15, 0.2) is 19.9 Å². The number of hydrogen-bond acceptors (Lipinski definition) is 5. The summed E-state index contributed by atoms with van der Waals surface area (Å²) in [4.78, 5) is 0. The van der Waals surface area contributed by atoms with E-state index in [1.165, 1.54) is 0 Å². The second kappa shape index (κ2) is 6.13. The van der Waals surface area contributed by atoms with E-state index in [1.807, 2.05) is 27.7 Å². The highest BCUT2D eigenvalue weighted by atomic mass is 28.4. The van der Waals surface area contributed by atoms with Crippen LogP contribution in [0.25, 0.3) is 0 Å². The first-order chi connectivity index (χ1) is 11.6. The Bertz CT molecular complexity index is 577. The summed E-state index contributed by atoms with van der Waals surface area (Å²) in [6, 6.07) is 0. The van der Waals surface area contributed by atoms with Crippen LogP contribution in [0.15, 0.2) is 12.2 Å². The zero-order chi connectivity index (χ0) is 19.7. The molecule has 0 N–H and O–H groups in total. The zero-order valence-electron chi connectivity index (χ0n) is 17.8. The molecule has 1 saturated carbocycles. The second-order valence-corrected chi connectivity index (χ2v) is 15.1. The molecule has 3 fully saturated rings. The van der Waals surface area contributed by atoms with Crippen LogP contribution in [0.3, 0.4) is 0 Å². The van der Waals surface area contributed by atoms with Gasteiger partial charge in [-0.05, 0) is 51.4 Å². The van der Waals surface area contributed by atoms with Crippen LogP contribution in [0, 0.1) is 5.92 Å². The van der Waals surface area contributed by atoms with Gasteiger partial charge in [0.25, 0.3) is 0 Å². The largest absolute Gasteiger partial charge is 0.407 e. The van der Waals surface area contributed by atoms with Crippen molar-refractivity contribution in [2.45, 2.75) is 103 Å². The maximum atomic E-state index is 6.79. The smallest absolute Gasteiger partial charge is 0.193 e. The highest BCUT2D eigenvalue weighted by molar-refractivity contribution is 6.74. The van der Waals surface area contributed by atoms with Gasteiger partial charge in [0, 0.05) is 5.92 Å². The molecular formula is C20H36O5Si. The fraction of sp³-hybridized carbons (Fsp3) is 0.900. The SMILES string of the molecule is C=C1[C@H]2COC(C)(C)O[C@H]2[C@@H]2OC(C)(C)O[C@@H]2[C@@H]1O[Si](C)(C)C(C)(C)C. The Kier molecular flexibility index (Phi) is 4.83. The van der Waals surface area contributed by atoms with Gasteiger partial charge in [0.2, 0.25) is 0 Å². The molecule has 26 heavy (non-hydrogen) atoms. The van der Waals surface area contributed by atoms with Crippen molar-refractivity contribution in [2.24, 2.45) is 5.92 Å². The molecule has 0 radical (unpaired) electrons. The van der Waals surface area contributed by atoms with Crippen molar-refractivity contribution in [1.29, 1.82) is 0 Å². The van der Waals surface area contributed by atoms with E-state index in [-0.39, 0.29) is 35.4 Å². The van der Waals surface area contributed by atoms with E-state index in [0.717, 1.165) is 5.57 Å². The van der Waals surface area contributed by atoms with Gasteiger partial charge >= 0.3 is 0 Å². The maximum absolute atomic E-state index is 6.79. The normalized spacial score (nSPS) is 39.4. The van der Waals surface area contributed by atoms with Crippen molar-refractivity contribution in [3.05, 3.63) is 12.2 Å². The van der Waals surface area contributed by atoms with E-state index in [1.54, 1.807) is 0 Å². The predicted octanol–water partition coefficient (Wildman–Crippen LogP) is 4.23. The number of fused-ring (bicyclic) bond motifs is 3. The van der Waals surface area contributed by atoms with Crippen LogP contribution in [0.1, 0.15) is 48.5 Å². The fourth-order valence-corrected chi connectivity index (χ4v) is 5.08. The number of ether oxygens (including phenoxy) is 4. The number of rotatable bonds is 2. The summed E-state index contributed by atoms with van der Waals surface area (Å²) in [5, 5.41) is 0.107. The Balaban J connectivity index is 1.93. The summed E-state index contributed by atoms with van der Waals surface area (Å²) >= 11 is 0. The molecule has 5 atom stereocenters. The van der Waals surface area contributed by atoms with Gasteiger partial charge in [-0.15, -0.1) is 0 Å². The summed E-state index contributed by atoms with van der Waals surface area (Å²) in [6.07, 6.45) is -0.713. The topological polar surface area (TPSA) is 46.2 Å². The van der Waals surface area contributed by atoms with E-state index in [9.17, 15) is 0 Å². The molecule has 0 aromatic heterocycles. The van der Waals surface area contributed by atoms with E-state index < -0.39 is 19.9 Å². The average Bonchev–Trinajstić information content (AvgIpc) is 2.77. The van der Waals surface area contributed by atoms with E-state index in [2.05, 4.69) is 40.4 Å². The molecule has 0 aromatic carbocycles. The Morgan fingerprint density at radius 3 is 2.08 bits per heavy atom. The van der Waals surface area contributed by atoms with Crippen molar-refractivity contribution in [1.82, 2.24) is 0 Å². The highest BCUT2D eigenvalue weighted by Crippen LogP contribution is 2.49. The lowest BCUT2D eigenvalue weighted by Crippen LogP contribution is -2.62. The quantitative estimate of drug-likeness (QED) is 0.526. The summed E-state index contributed by atoms with van der Waals surface area (Å²) in [6.45, 7) is 24.0. The van der Waals surface area contributed by atoms with Gasteiger partial charge in [-0.25, -0.2) is 0 Å². The molecule has 0 amide bonds. The minimum absolute atomic E-state index is 0.0524. The third-order valence-electron chi connectivity index (χ3n) is 6.28. The van der Waals surface area contributed by atoms with Crippen molar-refractivity contribution in [2.75, 3.05) is 6.61 Å². The Hall–Kier alpha value is -0.243. The molecule has 6 heteroatoms. The first-order valence-corrected chi connectivity index (χ1v) is 12.6. The molecule has 0 aromatic rings. The van der Waals surface area contributed by atoms with Crippen LogP contribution >= 0.6 is 0 Å². The number of hydrogen-bond donors (Lipinski definition) is 0. The molecule has 3 rings (SSSR count). The van der Waals surface area contributed by atoms with Crippen LogP contribution < -0.4 is 0 Å². The summed E-state index contributed by atoms with van der Waals surface area (Å²) in [5.74, 6) is -1.24.